The first-order valence-corrected chi connectivity index (χ1v) is 17.1. The number of furan rings is 1. The summed E-state index contributed by atoms with van der Waals surface area (Å²) in [5.41, 5.74) is 16.3. The van der Waals surface area contributed by atoms with Crippen molar-refractivity contribution in [3.63, 3.8) is 0 Å². The fraction of sp³-hybridized carbons (Fsp3) is 0.0227. The summed E-state index contributed by atoms with van der Waals surface area (Å²) in [7, 11) is -0.151. The van der Waals surface area contributed by atoms with E-state index in [0.29, 0.717) is 0 Å². The van der Waals surface area contributed by atoms with Gasteiger partial charge in [0.15, 0.2) is 0 Å². The molecule has 0 spiro atoms. The van der Waals surface area contributed by atoms with Crippen LogP contribution in [0.5, 0.6) is 0 Å². The second-order valence-corrected chi connectivity index (χ2v) is 14.0. The lowest BCUT2D eigenvalue weighted by molar-refractivity contribution is 0.669. The minimum atomic E-state index is -0.151. The first kappa shape index (κ1) is 25.8. The summed E-state index contributed by atoms with van der Waals surface area (Å²) in [5, 5.41) is 2.31. The smallest absolute Gasteiger partial charge is 0.135 e. The van der Waals surface area contributed by atoms with Crippen molar-refractivity contribution < 1.29 is 4.42 Å². The van der Waals surface area contributed by atoms with Gasteiger partial charge in [-0.25, -0.2) is 0 Å². The van der Waals surface area contributed by atoms with Gasteiger partial charge in [0.1, 0.15) is 11.2 Å². The molecule has 1 aliphatic carbocycles. The number of hydrogen-bond acceptors (Lipinski definition) is 1. The van der Waals surface area contributed by atoms with E-state index in [-0.39, 0.29) is 16.4 Å². The van der Waals surface area contributed by atoms with Gasteiger partial charge in [-0.05, 0) is 86.0 Å². The van der Waals surface area contributed by atoms with Crippen molar-refractivity contribution in [2.75, 3.05) is 0 Å². The Balaban J connectivity index is 1.00. The molecule has 2 heteroatoms. The van der Waals surface area contributed by atoms with Crippen molar-refractivity contribution in [1.29, 1.82) is 0 Å². The molecule has 0 saturated carbocycles. The van der Waals surface area contributed by atoms with Crippen molar-refractivity contribution in [3.8, 4) is 44.5 Å². The van der Waals surface area contributed by atoms with Gasteiger partial charge < -0.3 is 4.42 Å². The first-order valence-electron chi connectivity index (χ1n) is 15.7. The summed E-state index contributed by atoms with van der Waals surface area (Å²) < 4.78 is 6.04. The third-order valence-electron chi connectivity index (χ3n) is 9.91. The molecule has 0 fully saturated rings. The van der Waals surface area contributed by atoms with E-state index in [4.69, 9.17) is 4.42 Å². The number of hydrogen-bond donors (Lipinski definition) is 0. The van der Waals surface area contributed by atoms with Crippen LogP contribution < -0.4 is 0 Å². The van der Waals surface area contributed by atoms with Gasteiger partial charge in [-0.2, -0.15) is 0 Å². The highest BCUT2D eigenvalue weighted by Gasteiger charge is 2.35. The Bertz CT molecular complexity index is 2530. The molecule has 1 aliphatic heterocycles. The molecule has 2 aliphatic rings. The number of para-hydroxylation sites is 1. The normalized spacial score (nSPS) is 15.9. The van der Waals surface area contributed by atoms with E-state index in [2.05, 4.69) is 145 Å². The number of fused-ring (bicyclic) bond motifs is 10. The van der Waals surface area contributed by atoms with E-state index in [1.54, 1.807) is 0 Å². The van der Waals surface area contributed by atoms with Crippen LogP contribution in [0.4, 0.5) is 0 Å². The Labute approximate surface area is 270 Å². The van der Waals surface area contributed by atoms with E-state index < -0.39 is 0 Å². The lowest BCUT2D eigenvalue weighted by atomic mass is 9.87. The monoisotopic (exact) mass is 604 g/mol. The van der Waals surface area contributed by atoms with Crippen molar-refractivity contribution in [2.24, 2.45) is 0 Å². The summed E-state index contributed by atoms with van der Waals surface area (Å²) in [6, 6.07) is 55.4. The van der Waals surface area contributed by atoms with E-state index in [1.165, 1.54) is 71.0 Å². The molecular weight excluding hydrogens is 577 g/mol. The van der Waals surface area contributed by atoms with Gasteiger partial charge >= 0.3 is 0 Å². The second kappa shape index (κ2) is 9.78. The quantitative estimate of drug-likeness (QED) is 0.183. The highest BCUT2D eigenvalue weighted by molar-refractivity contribution is 8.14. The molecule has 1 aromatic heterocycles. The maximum Gasteiger partial charge on any atom is 0.135 e. The molecule has 2 unspecified atom stereocenters. The van der Waals surface area contributed by atoms with Gasteiger partial charge in [0.25, 0.3) is 0 Å². The Hall–Kier alpha value is -5.44. The summed E-state index contributed by atoms with van der Waals surface area (Å²) in [4.78, 5) is 2.73. The third-order valence-corrected chi connectivity index (χ3v) is 11.7. The predicted octanol–water partition coefficient (Wildman–Crippen LogP) is 12.2. The summed E-state index contributed by atoms with van der Waals surface area (Å²) >= 11 is 0. The molecule has 8 aromatic rings. The maximum absolute atomic E-state index is 6.04. The fourth-order valence-electron chi connectivity index (χ4n) is 7.74. The molecule has 0 saturated heterocycles. The Morgan fingerprint density at radius 1 is 0.457 bits per heavy atom. The van der Waals surface area contributed by atoms with Crippen molar-refractivity contribution in [1.82, 2.24) is 0 Å². The predicted molar refractivity (Wildman–Crippen MR) is 194 cm³/mol. The lowest BCUT2D eigenvalue weighted by Gasteiger charge is -2.16. The average molecular weight is 605 g/mol. The van der Waals surface area contributed by atoms with E-state index in [9.17, 15) is 0 Å². The van der Waals surface area contributed by atoms with Gasteiger partial charge in [-0.15, -0.1) is 10.5 Å². The van der Waals surface area contributed by atoms with Gasteiger partial charge in [0, 0.05) is 32.0 Å². The van der Waals surface area contributed by atoms with Gasteiger partial charge in [-0.1, -0.05) is 127 Å². The van der Waals surface area contributed by atoms with Crippen molar-refractivity contribution >= 4 is 38.3 Å². The zero-order chi connectivity index (χ0) is 30.4. The van der Waals surface area contributed by atoms with Crippen LogP contribution in [0.15, 0.2) is 166 Å². The standard InChI is InChI=1S/C44H28OS/c1-46-40-13-7-5-11-35(40)44-41(46)25-23-36-42(33-9-2-3-10-34(33)43(36)44)30-20-18-28(19-21-30)27-14-16-29(17-15-27)31-22-24-39-37(26-31)32-8-4-6-12-38(32)45-39/h2-26,42H,1H2. The fourth-order valence-corrected chi connectivity index (χ4v) is 9.35. The van der Waals surface area contributed by atoms with Crippen LogP contribution in [-0.2, 0) is 0 Å². The molecular formula is C44H28OS. The van der Waals surface area contributed by atoms with Gasteiger partial charge in [-0.3, -0.25) is 0 Å². The van der Waals surface area contributed by atoms with E-state index in [0.717, 1.165) is 21.9 Å². The molecule has 46 heavy (non-hydrogen) atoms. The Morgan fingerprint density at radius 2 is 1.09 bits per heavy atom. The minimum Gasteiger partial charge on any atom is -0.456 e. The van der Waals surface area contributed by atoms with Crippen LogP contribution >= 0.6 is 10.5 Å². The molecule has 0 radical (unpaired) electrons. The number of benzene rings is 7. The van der Waals surface area contributed by atoms with E-state index in [1.807, 2.05) is 12.1 Å². The highest BCUT2D eigenvalue weighted by atomic mass is 32.2. The third kappa shape index (κ3) is 3.68. The van der Waals surface area contributed by atoms with Gasteiger partial charge in [0.2, 0.25) is 0 Å². The molecule has 216 valence electrons. The second-order valence-electron chi connectivity index (χ2n) is 12.3. The zero-order valence-corrected chi connectivity index (χ0v) is 25.9. The van der Waals surface area contributed by atoms with Crippen LogP contribution in [0, 0.1) is 0 Å². The highest BCUT2D eigenvalue weighted by Crippen LogP contribution is 2.60. The molecule has 0 N–H and O–H groups in total. The molecule has 10 rings (SSSR count). The first-order chi connectivity index (χ1) is 22.7. The number of rotatable bonds is 3. The van der Waals surface area contributed by atoms with Crippen molar-refractivity contribution in [2.45, 2.75) is 15.7 Å². The summed E-state index contributed by atoms with van der Waals surface area (Å²) in [6.07, 6.45) is 0. The van der Waals surface area contributed by atoms with Gasteiger partial charge in [0.05, 0.1) is 0 Å². The summed E-state index contributed by atoms with van der Waals surface area (Å²) in [6.45, 7) is 0. The minimum absolute atomic E-state index is 0.151. The van der Waals surface area contributed by atoms with E-state index >= 15 is 0 Å². The average Bonchev–Trinajstić information content (AvgIpc) is 3.76. The molecule has 0 bridgehead atoms. The molecule has 7 aromatic carbocycles. The molecule has 0 amide bonds. The molecule has 2 atom stereocenters. The summed E-state index contributed by atoms with van der Waals surface area (Å²) in [5.74, 6) is 4.79. The van der Waals surface area contributed by atoms with Crippen LogP contribution in [0.1, 0.15) is 22.6 Å². The van der Waals surface area contributed by atoms with Crippen LogP contribution in [0.3, 0.4) is 0 Å². The zero-order valence-electron chi connectivity index (χ0n) is 25.0. The van der Waals surface area contributed by atoms with Crippen LogP contribution in [-0.4, -0.2) is 5.87 Å². The molecule has 2 heterocycles. The van der Waals surface area contributed by atoms with Crippen LogP contribution in [0.2, 0.25) is 0 Å². The van der Waals surface area contributed by atoms with Crippen molar-refractivity contribution in [3.05, 3.63) is 168 Å². The SMILES string of the molecule is C=S1c2ccccc2-c2c1ccc1c2-c2ccccc2C1c1ccc(-c2ccc(-c3ccc4oc5ccccc5c4c3)cc2)cc1. The topological polar surface area (TPSA) is 13.1 Å². The molecule has 1 nitrogen and oxygen atoms in total. The van der Waals surface area contributed by atoms with Crippen LogP contribution in [0.25, 0.3) is 66.4 Å². The Morgan fingerprint density at radius 3 is 1.91 bits per heavy atom. The lowest BCUT2D eigenvalue weighted by Crippen LogP contribution is -1.99. The largest absolute Gasteiger partial charge is 0.456 e. The maximum atomic E-state index is 6.04. The Kier molecular flexibility index (Phi) is 5.49.